The third kappa shape index (κ3) is 2.73. The molecule has 0 radical (unpaired) electrons. The van der Waals surface area contributed by atoms with E-state index in [0.717, 1.165) is 12.8 Å². The minimum absolute atomic E-state index is 0.268. The molecule has 5 heteroatoms. The van der Waals surface area contributed by atoms with Gasteiger partial charge in [0.2, 0.25) is 0 Å². The number of nitrogens with zero attached hydrogens (tertiary/aromatic N) is 1. The number of allylic oxidation sites excluding steroid dienone is 2. The van der Waals surface area contributed by atoms with E-state index < -0.39 is 6.03 Å². The fraction of sp³-hybridized carbons (Fsp3) is 0.500. The predicted molar refractivity (Wildman–Crippen MR) is 52.5 cm³/mol. The molecule has 0 fully saturated rings. The monoisotopic (exact) mass is 201 g/mol. The lowest BCUT2D eigenvalue weighted by atomic mass is 9.94. The quantitative estimate of drug-likeness (QED) is 0.622. The van der Waals surface area contributed by atoms with Crippen LogP contribution in [0.4, 0.5) is 4.79 Å². The topological polar surface area (TPSA) is 67.5 Å². The Morgan fingerprint density at radius 1 is 1.85 bits per heavy atom. The summed E-state index contributed by atoms with van der Waals surface area (Å²) in [6, 6.07) is -0.672. The normalized spacial score (nSPS) is 25.5. The van der Waals surface area contributed by atoms with Crippen LogP contribution in [0.3, 0.4) is 0 Å². The van der Waals surface area contributed by atoms with Gasteiger partial charge in [0.05, 0.1) is 10.7 Å². The van der Waals surface area contributed by atoms with Crippen molar-refractivity contribution in [3.05, 3.63) is 11.1 Å². The second-order valence-electron chi connectivity index (χ2n) is 3.00. The van der Waals surface area contributed by atoms with Crippen LogP contribution in [-0.2, 0) is 0 Å². The second kappa shape index (κ2) is 4.28. The van der Waals surface area contributed by atoms with Crippen molar-refractivity contribution in [1.82, 2.24) is 5.43 Å². The molecule has 0 bridgehead atoms. The van der Waals surface area contributed by atoms with Gasteiger partial charge in [0, 0.05) is 5.92 Å². The molecule has 13 heavy (non-hydrogen) atoms. The van der Waals surface area contributed by atoms with Gasteiger partial charge in [-0.05, 0) is 12.8 Å². The van der Waals surface area contributed by atoms with Gasteiger partial charge >= 0.3 is 6.03 Å². The van der Waals surface area contributed by atoms with E-state index in [2.05, 4.69) is 10.5 Å². The maximum atomic E-state index is 10.4. The number of carbonyl (C=O) groups excluding carboxylic acids is 1. The van der Waals surface area contributed by atoms with Crippen LogP contribution in [0.1, 0.15) is 19.8 Å². The van der Waals surface area contributed by atoms with E-state index in [1.54, 1.807) is 0 Å². The van der Waals surface area contributed by atoms with Crippen LogP contribution in [0.5, 0.6) is 0 Å². The van der Waals surface area contributed by atoms with Crippen LogP contribution >= 0.6 is 11.6 Å². The number of urea groups is 1. The minimum atomic E-state index is -0.672. The Bertz CT molecular complexity index is 273. The average Bonchev–Trinajstić information content (AvgIpc) is 2.03. The van der Waals surface area contributed by atoms with Gasteiger partial charge in [0.25, 0.3) is 0 Å². The fourth-order valence-corrected chi connectivity index (χ4v) is 1.55. The lowest BCUT2D eigenvalue weighted by Gasteiger charge is -2.17. The molecule has 1 atom stereocenters. The number of rotatable bonds is 1. The van der Waals surface area contributed by atoms with Crippen LogP contribution in [0.25, 0.3) is 0 Å². The first kappa shape index (κ1) is 10.1. The van der Waals surface area contributed by atoms with Crippen molar-refractivity contribution in [1.29, 1.82) is 0 Å². The number of hydrogen-bond acceptors (Lipinski definition) is 2. The number of hydrogen-bond donors (Lipinski definition) is 2. The number of primary amides is 1. The summed E-state index contributed by atoms with van der Waals surface area (Å²) in [5.41, 5.74) is 7.76. The first-order chi connectivity index (χ1) is 6.11. The first-order valence-electron chi connectivity index (χ1n) is 4.10. The van der Waals surface area contributed by atoms with Gasteiger partial charge in [0.1, 0.15) is 0 Å². The van der Waals surface area contributed by atoms with Crippen LogP contribution in [0, 0.1) is 5.92 Å². The molecule has 0 aliphatic heterocycles. The summed E-state index contributed by atoms with van der Waals surface area (Å²) < 4.78 is 0. The van der Waals surface area contributed by atoms with Gasteiger partial charge in [-0.25, -0.2) is 10.2 Å². The molecule has 1 aliphatic rings. The third-order valence-electron chi connectivity index (χ3n) is 1.92. The molecule has 1 rings (SSSR count). The number of hydrazone groups is 1. The van der Waals surface area contributed by atoms with Crippen LogP contribution in [0.15, 0.2) is 16.2 Å². The van der Waals surface area contributed by atoms with Crippen LogP contribution in [-0.4, -0.2) is 11.7 Å². The van der Waals surface area contributed by atoms with E-state index in [-0.39, 0.29) is 5.92 Å². The number of nitrogens with one attached hydrogen (secondary N) is 1. The lowest BCUT2D eigenvalue weighted by molar-refractivity contribution is 0.249. The van der Waals surface area contributed by atoms with Gasteiger partial charge < -0.3 is 5.73 Å². The molecule has 4 nitrogen and oxygen atoms in total. The van der Waals surface area contributed by atoms with Gasteiger partial charge in [-0.15, -0.1) is 0 Å². The molecule has 0 aromatic carbocycles. The zero-order valence-electron chi connectivity index (χ0n) is 7.38. The Hall–Kier alpha value is -1.03. The second-order valence-corrected chi connectivity index (χ2v) is 3.41. The fourth-order valence-electron chi connectivity index (χ4n) is 1.22. The van der Waals surface area contributed by atoms with Crippen molar-refractivity contribution in [2.45, 2.75) is 19.8 Å². The number of carbonyl (C=O) groups is 1. The highest BCUT2D eigenvalue weighted by Crippen LogP contribution is 2.23. The molecule has 1 unspecified atom stereocenters. The molecule has 3 N–H and O–H groups in total. The molecule has 1 aliphatic carbocycles. The predicted octanol–water partition coefficient (Wildman–Crippen LogP) is 1.56. The molecular weight excluding hydrogens is 190 g/mol. The summed E-state index contributed by atoms with van der Waals surface area (Å²) in [5.74, 6) is 0.268. The van der Waals surface area contributed by atoms with E-state index in [9.17, 15) is 4.79 Å². The molecule has 0 saturated heterocycles. The maximum absolute atomic E-state index is 10.4. The van der Waals surface area contributed by atoms with Gasteiger partial charge in [-0.2, -0.15) is 5.10 Å². The van der Waals surface area contributed by atoms with E-state index >= 15 is 0 Å². The minimum Gasteiger partial charge on any atom is -0.350 e. The zero-order valence-corrected chi connectivity index (χ0v) is 8.14. The van der Waals surface area contributed by atoms with Crippen molar-refractivity contribution in [2.24, 2.45) is 16.8 Å². The summed E-state index contributed by atoms with van der Waals surface area (Å²) >= 11 is 5.90. The summed E-state index contributed by atoms with van der Waals surface area (Å²) in [6.07, 6.45) is 3.84. The number of amides is 2. The van der Waals surface area contributed by atoms with Gasteiger partial charge in [-0.3, -0.25) is 0 Å². The van der Waals surface area contributed by atoms with E-state index in [4.69, 9.17) is 17.3 Å². The molecule has 0 spiro atoms. The Morgan fingerprint density at radius 2 is 2.54 bits per heavy atom. The Balaban J connectivity index is 2.74. The van der Waals surface area contributed by atoms with Crippen molar-refractivity contribution >= 4 is 23.3 Å². The highest BCUT2D eigenvalue weighted by molar-refractivity contribution is 6.44. The number of nitrogens with two attached hydrogens (primary N) is 1. The maximum Gasteiger partial charge on any atom is 0.332 e. The first-order valence-corrected chi connectivity index (χ1v) is 4.48. The molecule has 0 aromatic rings. The highest BCUT2D eigenvalue weighted by atomic mass is 35.5. The molecule has 72 valence electrons. The Morgan fingerprint density at radius 3 is 3.08 bits per heavy atom. The molecule has 2 amide bonds. The molecule has 0 saturated carbocycles. The molecule has 0 aromatic heterocycles. The van der Waals surface area contributed by atoms with E-state index in [0.29, 0.717) is 10.7 Å². The van der Waals surface area contributed by atoms with E-state index in [1.165, 1.54) is 0 Å². The highest BCUT2D eigenvalue weighted by Gasteiger charge is 2.18. The van der Waals surface area contributed by atoms with Crippen molar-refractivity contribution in [3.63, 3.8) is 0 Å². The van der Waals surface area contributed by atoms with E-state index in [1.807, 2.05) is 13.0 Å². The van der Waals surface area contributed by atoms with Crippen molar-refractivity contribution in [3.8, 4) is 0 Å². The summed E-state index contributed by atoms with van der Waals surface area (Å²) in [6.45, 7) is 2.01. The zero-order chi connectivity index (χ0) is 9.84. The Kier molecular flexibility index (Phi) is 3.31. The standard InChI is InChI=1S/C8H12ClN3O/c1-5-3-2-4-6(9)7(5)11-12-8(10)13/h4-5H,2-3H2,1H3,(H3,10,12,13)/b11-7-. The summed E-state index contributed by atoms with van der Waals surface area (Å²) in [4.78, 5) is 10.4. The van der Waals surface area contributed by atoms with Gasteiger partial charge in [0.15, 0.2) is 0 Å². The Labute approximate surface area is 81.8 Å². The SMILES string of the molecule is CC1CCC=C(Cl)/C1=N\NC(N)=O. The molecular formula is C8H12ClN3O. The van der Waals surface area contributed by atoms with Crippen molar-refractivity contribution in [2.75, 3.05) is 0 Å². The number of halogens is 1. The summed E-state index contributed by atoms with van der Waals surface area (Å²) in [7, 11) is 0. The lowest BCUT2D eigenvalue weighted by Crippen LogP contribution is -2.28. The molecule has 0 heterocycles. The smallest absolute Gasteiger partial charge is 0.332 e. The largest absolute Gasteiger partial charge is 0.350 e. The van der Waals surface area contributed by atoms with Gasteiger partial charge in [-0.1, -0.05) is 24.6 Å². The van der Waals surface area contributed by atoms with Crippen molar-refractivity contribution < 1.29 is 4.79 Å². The van der Waals surface area contributed by atoms with Crippen LogP contribution in [0.2, 0.25) is 0 Å². The average molecular weight is 202 g/mol. The summed E-state index contributed by atoms with van der Waals surface area (Å²) in [5, 5.41) is 4.44. The van der Waals surface area contributed by atoms with Crippen LogP contribution < -0.4 is 11.2 Å². The third-order valence-corrected chi connectivity index (χ3v) is 2.27.